The number of hydrogen-bond acceptors (Lipinski definition) is 4. The van der Waals surface area contributed by atoms with E-state index in [1.165, 1.54) is 12.4 Å². The maximum atomic E-state index is 10.4. The van der Waals surface area contributed by atoms with Crippen LogP contribution >= 0.6 is 0 Å². The Balaban J connectivity index is 2.67. The maximum absolute atomic E-state index is 10.4. The molecule has 0 saturated heterocycles. The minimum absolute atomic E-state index is 0.728. The zero-order chi connectivity index (χ0) is 13.4. The van der Waals surface area contributed by atoms with Gasteiger partial charge < -0.3 is 11.5 Å². The minimum Gasteiger partial charge on any atom is -0.350 e. The molecule has 8 heteroatoms. The van der Waals surface area contributed by atoms with Gasteiger partial charge in [-0.1, -0.05) is 18.2 Å². The van der Waals surface area contributed by atoms with E-state index in [1.807, 2.05) is 0 Å². The Hall–Kier alpha value is -2.90. The molecule has 0 aliphatic heterocycles. The summed E-state index contributed by atoms with van der Waals surface area (Å²) >= 11 is 0. The number of benzene rings is 1. The topological polar surface area (TPSA) is 135 Å². The molecule has 0 bridgehead atoms. The van der Waals surface area contributed by atoms with Gasteiger partial charge >= 0.3 is 12.1 Å². The van der Waals surface area contributed by atoms with Crippen LogP contribution in [0, 0.1) is 0 Å². The Bertz CT molecular complexity index is 456. The molecule has 0 spiro atoms. The summed E-state index contributed by atoms with van der Waals surface area (Å²) in [6.07, 6.45) is 2.84. The first-order valence-electron chi connectivity index (χ1n) is 4.85. The highest BCUT2D eigenvalue weighted by atomic mass is 16.2. The zero-order valence-electron chi connectivity index (χ0n) is 9.33. The predicted molar refractivity (Wildman–Crippen MR) is 67.1 cm³/mol. The second-order valence-corrected chi connectivity index (χ2v) is 3.14. The molecule has 1 aromatic rings. The van der Waals surface area contributed by atoms with E-state index in [0.717, 1.165) is 11.1 Å². The lowest BCUT2D eigenvalue weighted by molar-refractivity contribution is 0.248. The minimum atomic E-state index is -0.741. The van der Waals surface area contributed by atoms with Crippen molar-refractivity contribution in [2.24, 2.45) is 21.7 Å². The normalized spacial score (nSPS) is 10.7. The number of primary amides is 2. The van der Waals surface area contributed by atoms with E-state index in [0.29, 0.717) is 0 Å². The second kappa shape index (κ2) is 6.63. The summed E-state index contributed by atoms with van der Waals surface area (Å²) in [7, 11) is 0. The number of rotatable bonds is 4. The van der Waals surface area contributed by atoms with Crippen molar-refractivity contribution in [3.05, 3.63) is 35.4 Å². The Labute approximate surface area is 103 Å². The van der Waals surface area contributed by atoms with Gasteiger partial charge in [0.15, 0.2) is 0 Å². The average molecular weight is 248 g/mol. The van der Waals surface area contributed by atoms with Crippen LogP contribution in [-0.4, -0.2) is 24.5 Å². The Morgan fingerprint density at radius 1 is 1.00 bits per heavy atom. The summed E-state index contributed by atoms with van der Waals surface area (Å²) in [5.41, 5.74) is 15.3. The summed E-state index contributed by atoms with van der Waals surface area (Å²) in [6, 6.07) is 5.55. The van der Waals surface area contributed by atoms with E-state index >= 15 is 0 Å². The average Bonchev–Trinajstić information content (AvgIpc) is 2.28. The van der Waals surface area contributed by atoms with E-state index in [9.17, 15) is 9.59 Å². The standard InChI is InChI=1S/C10H12N6O2/c11-9(17)15-13-5-7-2-1-3-8(4-7)6-14-16-10(12)18/h1-6H,(H3,11,15,17)(H3,12,16,18)/b13-5+,14-6+. The first-order valence-corrected chi connectivity index (χ1v) is 4.85. The Morgan fingerprint density at radius 3 is 1.83 bits per heavy atom. The van der Waals surface area contributed by atoms with Crippen LogP contribution in [0.2, 0.25) is 0 Å². The number of carbonyl (C=O) groups is 2. The molecule has 6 N–H and O–H groups in total. The van der Waals surface area contributed by atoms with E-state index < -0.39 is 12.1 Å². The predicted octanol–water partition coefficient (Wildman–Crippen LogP) is -0.309. The van der Waals surface area contributed by atoms with Crippen LogP contribution in [-0.2, 0) is 0 Å². The fraction of sp³-hybridized carbons (Fsp3) is 0. The van der Waals surface area contributed by atoms with Crippen molar-refractivity contribution in [1.29, 1.82) is 0 Å². The number of hydrogen-bond donors (Lipinski definition) is 4. The Kier molecular flexibility index (Phi) is 4.85. The molecule has 0 aliphatic carbocycles. The number of carbonyl (C=O) groups excluding carboxylic acids is 2. The first kappa shape index (κ1) is 13.2. The molecule has 4 amide bonds. The number of nitrogens with one attached hydrogen (secondary N) is 2. The molecular formula is C10H12N6O2. The molecular weight excluding hydrogens is 236 g/mol. The van der Waals surface area contributed by atoms with Gasteiger partial charge in [-0.25, -0.2) is 20.4 Å². The molecule has 0 fully saturated rings. The van der Waals surface area contributed by atoms with Crippen molar-refractivity contribution in [3.8, 4) is 0 Å². The summed E-state index contributed by atoms with van der Waals surface area (Å²) in [5.74, 6) is 0. The smallest absolute Gasteiger partial charge is 0.332 e. The van der Waals surface area contributed by atoms with Crippen LogP contribution in [0.25, 0.3) is 0 Å². The zero-order valence-corrected chi connectivity index (χ0v) is 9.33. The number of nitrogens with two attached hydrogens (primary N) is 2. The molecule has 1 rings (SSSR count). The van der Waals surface area contributed by atoms with E-state index in [4.69, 9.17) is 11.5 Å². The van der Waals surface area contributed by atoms with E-state index in [1.54, 1.807) is 24.3 Å². The summed E-state index contributed by atoms with van der Waals surface area (Å²) in [6.45, 7) is 0. The number of urea groups is 2. The van der Waals surface area contributed by atoms with Crippen molar-refractivity contribution in [2.45, 2.75) is 0 Å². The van der Waals surface area contributed by atoms with Crippen LogP contribution in [0.3, 0.4) is 0 Å². The molecule has 94 valence electrons. The van der Waals surface area contributed by atoms with E-state index in [-0.39, 0.29) is 0 Å². The number of amides is 4. The van der Waals surface area contributed by atoms with Gasteiger partial charge in [0.2, 0.25) is 0 Å². The highest BCUT2D eigenvalue weighted by Gasteiger charge is 1.92. The van der Waals surface area contributed by atoms with Gasteiger partial charge in [0.1, 0.15) is 0 Å². The Morgan fingerprint density at radius 2 is 1.44 bits per heavy atom. The number of hydrazone groups is 2. The van der Waals surface area contributed by atoms with Crippen LogP contribution < -0.4 is 22.3 Å². The molecule has 8 nitrogen and oxygen atoms in total. The molecule has 0 heterocycles. The lowest BCUT2D eigenvalue weighted by Gasteiger charge is -1.96. The summed E-state index contributed by atoms with van der Waals surface area (Å²) < 4.78 is 0. The molecule has 1 aromatic carbocycles. The van der Waals surface area contributed by atoms with Gasteiger partial charge in [-0.15, -0.1) is 0 Å². The van der Waals surface area contributed by atoms with Crippen molar-refractivity contribution in [2.75, 3.05) is 0 Å². The lowest BCUT2D eigenvalue weighted by Crippen LogP contribution is -2.24. The summed E-state index contributed by atoms with van der Waals surface area (Å²) in [4.78, 5) is 20.8. The van der Waals surface area contributed by atoms with Gasteiger partial charge in [0.25, 0.3) is 0 Å². The van der Waals surface area contributed by atoms with E-state index in [2.05, 4.69) is 21.1 Å². The molecule has 0 unspecified atom stereocenters. The maximum Gasteiger partial charge on any atom is 0.332 e. The molecule has 0 aromatic heterocycles. The molecule has 0 aliphatic rings. The SMILES string of the molecule is NC(=O)N/N=C/c1cccc(/C=N/NC(N)=O)c1. The molecule has 0 atom stereocenters. The second-order valence-electron chi connectivity index (χ2n) is 3.14. The van der Waals surface area contributed by atoms with Crippen molar-refractivity contribution >= 4 is 24.5 Å². The number of nitrogens with zero attached hydrogens (tertiary/aromatic N) is 2. The lowest BCUT2D eigenvalue weighted by atomic mass is 10.1. The highest BCUT2D eigenvalue weighted by molar-refractivity contribution is 5.87. The largest absolute Gasteiger partial charge is 0.350 e. The van der Waals surface area contributed by atoms with Crippen molar-refractivity contribution in [3.63, 3.8) is 0 Å². The van der Waals surface area contributed by atoms with Gasteiger partial charge in [0.05, 0.1) is 12.4 Å². The fourth-order valence-electron chi connectivity index (χ4n) is 1.06. The monoisotopic (exact) mass is 248 g/mol. The van der Waals surface area contributed by atoms with Gasteiger partial charge in [-0.3, -0.25) is 0 Å². The van der Waals surface area contributed by atoms with Gasteiger partial charge in [0, 0.05) is 0 Å². The van der Waals surface area contributed by atoms with Gasteiger partial charge in [-0.2, -0.15) is 10.2 Å². The van der Waals surface area contributed by atoms with Crippen LogP contribution in [0.4, 0.5) is 9.59 Å². The quantitative estimate of drug-likeness (QED) is 0.429. The van der Waals surface area contributed by atoms with Crippen LogP contribution in [0.1, 0.15) is 11.1 Å². The molecule has 0 saturated carbocycles. The highest BCUT2D eigenvalue weighted by Crippen LogP contribution is 2.00. The van der Waals surface area contributed by atoms with Crippen molar-refractivity contribution in [1.82, 2.24) is 10.9 Å². The third kappa shape index (κ3) is 5.26. The van der Waals surface area contributed by atoms with Gasteiger partial charge in [-0.05, 0) is 17.2 Å². The van der Waals surface area contributed by atoms with Crippen molar-refractivity contribution < 1.29 is 9.59 Å². The third-order valence-corrected chi connectivity index (χ3v) is 1.69. The fourth-order valence-corrected chi connectivity index (χ4v) is 1.06. The first-order chi connectivity index (χ1) is 8.58. The molecule has 0 radical (unpaired) electrons. The molecule has 18 heavy (non-hydrogen) atoms. The van der Waals surface area contributed by atoms with Crippen LogP contribution in [0.15, 0.2) is 34.5 Å². The third-order valence-electron chi connectivity index (χ3n) is 1.69. The summed E-state index contributed by atoms with van der Waals surface area (Å²) in [5, 5.41) is 7.21. The van der Waals surface area contributed by atoms with Crippen LogP contribution in [0.5, 0.6) is 0 Å².